The van der Waals surface area contributed by atoms with Gasteiger partial charge in [0.2, 0.25) is 5.88 Å². The maximum absolute atomic E-state index is 5.36. The van der Waals surface area contributed by atoms with Gasteiger partial charge in [-0.2, -0.15) is 4.98 Å². The van der Waals surface area contributed by atoms with Crippen LogP contribution < -0.4 is 4.74 Å². The van der Waals surface area contributed by atoms with E-state index in [4.69, 9.17) is 4.74 Å². The van der Waals surface area contributed by atoms with Crippen molar-refractivity contribution in [2.75, 3.05) is 0 Å². The van der Waals surface area contributed by atoms with Crippen LogP contribution in [-0.2, 0) is 7.05 Å². The summed E-state index contributed by atoms with van der Waals surface area (Å²) in [6.07, 6.45) is 1.57. The number of rotatable bonds is 2. The molecule has 0 atom stereocenters. The highest BCUT2D eigenvalue weighted by molar-refractivity contribution is 9.10. The van der Waals surface area contributed by atoms with Crippen LogP contribution in [0.25, 0.3) is 0 Å². The van der Waals surface area contributed by atoms with Crippen molar-refractivity contribution >= 4 is 15.9 Å². The SMILES string of the molecule is Cc1nc(Oc2ncn(C)n2)ccc1Br. The molecule has 0 aromatic carbocycles. The first-order chi connectivity index (χ1) is 7.15. The van der Waals surface area contributed by atoms with Crippen molar-refractivity contribution in [3.8, 4) is 11.9 Å². The molecule has 6 heteroatoms. The Bertz CT molecular complexity index is 483. The Balaban J connectivity index is 2.21. The Morgan fingerprint density at radius 1 is 1.40 bits per heavy atom. The molecule has 0 saturated carbocycles. The molecular formula is C9H9BrN4O. The van der Waals surface area contributed by atoms with E-state index in [1.165, 1.54) is 0 Å². The van der Waals surface area contributed by atoms with E-state index in [9.17, 15) is 0 Å². The third kappa shape index (κ3) is 2.33. The summed E-state index contributed by atoms with van der Waals surface area (Å²) in [7, 11) is 1.78. The molecule has 0 fully saturated rings. The maximum atomic E-state index is 5.36. The predicted molar refractivity (Wildman–Crippen MR) is 57.8 cm³/mol. The number of nitrogens with zero attached hydrogens (tertiary/aromatic N) is 4. The van der Waals surface area contributed by atoms with Gasteiger partial charge in [0.15, 0.2) is 0 Å². The van der Waals surface area contributed by atoms with Gasteiger partial charge in [-0.15, -0.1) is 5.10 Å². The number of ether oxygens (including phenoxy) is 1. The molecule has 0 spiro atoms. The molecule has 2 aromatic rings. The standard InChI is InChI=1S/C9H9BrN4O/c1-6-7(10)3-4-8(12-6)15-9-11-5-14(2)13-9/h3-5H,1-2H3. The number of hydrogen-bond donors (Lipinski definition) is 0. The third-order valence-corrected chi connectivity index (χ3v) is 2.61. The van der Waals surface area contributed by atoms with Crippen molar-refractivity contribution in [3.05, 3.63) is 28.6 Å². The lowest BCUT2D eigenvalue weighted by Gasteiger charge is -2.01. The minimum Gasteiger partial charge on any atom is -0.404 e. The zero-order valence-electron chi connectivity index (χ0n) is 8.31. The van der Waals surface area contributed by atoms with E-state index >= 15 is 0 Å². The van der Waals surface area contributed by atoms with Crippen LogP contribution in [0, 0.1) is 6.92 Å². The molecule has 0 aliphatic heterocycles. The van der Waals surface area contributed by atoms with E-state index < -0.39 is 0 Å². The van der Waals surface area contributed by atoms with Crippen LogP contribution in [0.4, 0.5) is 0 Å². The summed E-state index contributed by atoms with van der Waals surface area (Å²) in [6.45, 7) is 1.89. The molecule has 0 aliphatic rings. The molecule has 5 nitrogen and oxygen atoms in total. The van der Waals surface area contributed by atoms with Crippen LogP contribution >= 0.6 is 15.9 Å². The average molecular weight is 269 g/mol. The maximum Gasteiger partial charge on any atom is 0.342 e. The molecule has 78 valence electrons. The van der Waals surface area contributed by atoms with Crippen molar-refractivity contribution < 1.29 is 4.74 Å². The second kappa shape index (κ2) is 3.98. The molecule has 0 radical (unpaired) electrons. The first kappa shape index (κ1) is 10.1. The van der Waals surface area contributed by atoms with Gasteiger partial charge in [0.25, 0.3) is 0 Å². The van der Waals surface area contributed by atoms with Crippen LogP contribution in [0.2, 0.25) is 0 Å². The van der Waals surface area contributed by atoms with Gasteiger partial charge in [0.05, 0.1) is 5.69 Å². The summed E-state index contributed by atoms with van der Waals surface area (Å²) in [5.74, 6) is 0.488. The first-order valence-electron chi connectivity index (χ1n) is 4.32. The quantitative estimate of drug-likeness (QED) is 0.837. The van der Waals surface area contributed by atoms with Gasteiger partial charge < -0.3 is 4.74 Å². The fourth-order valence-electron chi connectivity index (χ4n) is 1.04. The highest BCUT2D eigenvalue weighted by Gasteiger charge is 2.04. The highest BCUT2D eigenvalue weighted by atomic mass is 79.9. The molecule has 0 aliphatic carbocycles. The average Bonchev–Trinajstić information content (AvgIpc) is 2.58. The minimum absolute atomic E-state index is 0.298. The Morgan fingerprint density at radius 3 is 2.80 bits per heavy atom. The molecular weight excluding hydrogens is 260 g/mol. The molecule has 0 N–H and O–H groups in total. The van der Waals surface area contributed by atoms with Gasteiger partial charge >= 0.3 is 6.01 Å². The predicted octanol–water partition coefficient (Wildman–Crippen LogP) is 2.07. The first-order valence-corrected chi connectivity index (χ1v) is 5.11. The zero-order chi connectivity index (χ0) is 10.8. The van der Waals surface area contributed by atoms with Crippen LogP contribution in [0.3, 0.4) is 0 Å². The Morgan fingerprint density at radius 2 is 2.20 bits per heavy atom. The largest absolute Gasteiger partial charge is 0.404 e. The lowest BCUT2D eigenvalue weighted by Crippen LogP contribution is -1.93. The summed E-state index contributed by atoms with van der Waals surface area (Å²) in [6, 6.07) is 3.93. The van der Waals surface area contributed by atoms with E-state index in [1.807, 2.05) is 13.0 Å². The smallest absolute Gasteiger partial charge is 0.342 e. The lowest BCUT2D eigenvalue weighted by molar-refractivity contribution is 0.421. The Hall–Kier alpha value is -1.43. The molecule has 2 heterocycles. The molecule has 15 heavy (non-hydrogen) atoms. The zero-order valence-corrected chi connectivity index (χ0v) is 9.89. The Kier molecular flexibility index (Phi) is 2.68. The third-order valence-electron chi connectivity index (χ3n) is 1.77. The minimum atomic E-state index is 0.298. The summed E-state index contributed by atoms with van der Waals surface area (Å²) < 4.78 is 7.88. The summed E-state index contributed by atoms with van der Waals surface area (Å²) in [5, 5.41) is 3.99. The number of aryl methyl sites for hydroxylation is 2. The normalized spacial score (nSPS) is 10.3. The fraction of sp³-hybridized carbons (Fsp3) is 0.222. The van der Waals surface area contributed by atoms with Gasteiger partial charge in [0, 0.05) is 17.6 Å². The van der Waals surface area contributed by atoms with Crippen molar-refractivity contribution in [2.45, 2.75) is 6.92 Å². The van der Waals surface area contributed by atoms with Crippen LogP contribution in [0.5, 0.6) is 11.9 Å². The van der Waals surface area contributed by atoms with E-state index in [-0.39, 0.29) is 0 Å². The molecule has 0 bridgehead atoms. The molecule has 2 rings (SSSR count). The van der Waals surface area contributed by atoms with Crippen molar-refractivity contribution in [3.63, 3.8) is 0 Å². The second-order valence-electron chi connectivity index (χ2n) is 3.02. The van der Waals surface area contributed by atoms with Crippen LogP contribution in [0.1, 0.15) is 5.69 Å². The van der Waals surface area contributed by atoms with Crippen molar-refractivity contribution in [1.82, 2.24) is 19.7 Å². The summed E-state index contributed by atoms with van der Waals surface area (Å²) in [5.41, 5.74) is 0.864. The molecule has 0 saturated heterocycles. The highest BCUT2D eigenvalue weighted by Crippen LogP contribution is 2.20. The van der Waals surface area contributed by atoms with Gasteiger partial charge in [-0.05, 0) is 28.9 Å². The summed E-state index contributed by atoms with van der Waals surface area (Å²) >= 11 is 3.37. The number of hydrogen-bond acceptors (Lipinski definition) is 4. The number of pyridine rings is 1. The van der Waals surface area contributed by atoms with E-state index in [0.29, 0.717) is 11.9 Å². The van der Waals surface area contributed by atoms with Gasteiger partial charge in [-0.1, -0.05) is 0 Å². The van der Waals surface area contributed by atoms with E-state index in [0.717, 1.165) is 10.2 Å². The van der Waals surface area contributed by atoms with E-state index in [1.54, 1.807) is 24.1 Å². The Labute approximate surface area is 95.2 Å². The molecule has 0 unspecified atom stereocenters. The molecule has 2 aromatic heterocycles. The lowest BCUT2D eigenvalue weighted by atomic mass is 10.4. The topological polar surface area (TPSA) is 52.8 Å². The van der Waals surface area contributed by atoms with Crippen molar-refractivity contribution in [2.24, 2.45) is 7.05 Å². The van der Waals surface area contributed by atoms with Crippen molar-refractivity contribution in [1.29, 1.82) is 0 Å². The monoisotopic (exact) mass is 268 g/mol. The fourth-order valence-corrected chi connectivity index (χ4v) is 1.26. The van der Waals surface area contributed by atoms with E-state index in [2.05, 4.69) is 31.0 Å². The van der Waals surface area contributed by atoms with Crippen LogP contribution in [0.15, 0.2) is 22.9 Å². The van der Waals surface area contributed by atoms with Crippen LogP contribution in [-0.4, -0.2) is 19.7 Å². The van der Waals surface area contributed by atoms with Gasteiger partial charge in [-0.3, -0.25) is 4.68 Å². The second-order valence-corrected chi connectivity index (χ2v) is 3.87. The number of aromatic nitrogens is 4. The van der Waals surface area contributed by atoms with Gasteiger partial charge in [0.1, 0.15) is 6.33 Å². The van der Waals surface area contributed by atoms with Gasteiger partial charge in [-0.25, -0.2) is 4.98 Å². The summed E-state index contributed by atoms with van der Waals surface area (Å²) in [4.78, 5) is 8.16. The number of halogens is 1. The molecule has 0 amide bonds.